The van der Waals surface area contributed by atoms with Crippen LogP contribution in [0.25, 0.3) is 33.5 Å². The number of carbonyl (C=O) groups excluding carboxylic acids is 2. The van der Waals surface area contributed by atoms with Gasteiger partial charge in [-0.25, -0.2) is 51.8 Å². The van der Waals surface area contributed by atoms with Gasteiger partial charge in [0.15, 0.2) is 83.4 Å². The molecule has 39 nitrogen and oxygen atoms in total. The van der Waals surface area contributed by atoms with E-state index in [0.29, 0.717) is 0 Å². The Labute approximate surface area is 565 Å². The van der Waals surface area contributed by atoms with Gasteiger partial charge in [-0.2, -0.15) is 15.0 Å². The van der Waals surface area contributed by atoms with Crippen LogP contribution in [0.1, 0.15) is 52.6 Å². The molecular formula is C47H56F4N18O21P4S4. The zero-order chi connectivity index (χ0) is 70.4. The van der Waals surface area contributed by atoms with Crippen LogP contribution in [0.5, 0.6) is 0 Å². The van der Waals surface area contributed by atoms with Gasteiger partial charge in [-0.05, 0) is 41.5 Å². The predicted molar refractivity (Wildman–Crippen MR) is 341 cm³/mol. The highest BCUT2D eigenvalue weighted by atomic mass is 32.7. The van der Waals surface area contributed by atoms with E-state index in [0.717, 1.165) is 38.9 Å². The van der Waals surface area contributed by atoms with Gasteiger partial charge in [-0.1, -0.05) is 39.9 Å². The van der Waals surface area contributed by atoms with Crippen molar-refractivity contribution in [3.8, 4) is 0 Å². The van der Waals surface area contributed by atoms with Gasteiger partial charge in [-0.3, -0.25) is 80.7 Å². The number of ether oxygens (including phenoxy) is 4. The molecule has 6 saturated heterocycles. The number of halogens is 4. The van der Waals surface area contributed by atoms with Crippen LogP contribution >= 0.6 is 39.2 Å². The Bertz CT molecular complexity index is 4480. The summed E-state index contributed by atoms with van der Waals surface area (Å²) in [6.07, 6.45) is -21.8. The fraction of sp³-hybridized carbons (Fsp3) is 0.553. The Morgan fingerprint density at radius 1 is 0.571 bits per heavy atom. The van der Waals surface area contributed by atoms with E-state index in [4.69, 9.17) is 102 Å². The molecule has 13 heterocycles. The number of anilines is 4. The van der Waals surface area contributed by atoms with Crippen molar-refractivity contribution in [3.05, 3.63) is 68.8 Å². The van der Waals surface area contributed by atoms with E-state index in [1.807, 2.05) is 0 Å². The number of nitrogens with zero attached hydrogens (tertiary/aromatic N) is 12. The first-order valence-electron chi connectivity index (χ1n) is 28.8. The van der Waals surface area contributed by atoms with Crippen molar-refractivity contribution in [2.45, 2.75) is 126 Å². The molecular weight excluding hydrogens is 1480 g/mol. The van der Waals surface area contributed by atoms with Gasteiger partial charge in [0.25, 0.3) is 11.1 Å². The highest BCUT2D eigenvalue weighted by Crippen LogP contribution is 2.60. The molecule has 532 valence electrons. The Morgan fingerprint density at radius 3 is 1.34 bits per heavy atom. The summed E-state index contributed by atoms with van der Waals surface area (Å²) in [4.78, 5) is 132. The molecule has 0 aliphatic carbocycles. The number of hydrogen-bond acceptors (Lipinski definition) is 31. The van der Waals surface area contributed by atoms with Crippen molar-refractivity contribution in [2.75, 3.05) is 48.5 Å². The number of imidazole rings is 3. The van der Waals surface area contributed by atoms with E-state index < -0.39 is 192 Å². The molecule has 7 aromatic heterocycles. The monoisotopic (exact) mass is 1540 g/mol. The van der Waals surface area contributed by atoms with E-state index in [9.17, 15) is 43.2 Å². The average molecular weight is 1540 g/mol. The van der Waals surface area contributed by atoms with Gasteiger partial charge in [0.05, 0.1) is 45.4 Å². The number of H-pyrrole nitrogens is 2. The number of rotatable bonds is 8. The van der Waals surface area contributed by atoms with Crippen molar-refractivity contribution >= 4 is 143 Å². The summed E-state index contributed by atoms with van der Waals surface area (Å²) in [6.45, 7) is -13.9. The zero-order valence-electron chi connectivity index (χ0n) is 50.4. The molecule has 0 saturated carbocycles. The minimum Gasteiger partial charge on any atom is -0.383 e. The highest BCUT2D eigenvalue weighted by molar-refractivity contribution is 8.44. The molecule has 7 aromatic rings. The molecule has 0 spiro atoms. The topological polar surface area (TPSA) is 504 Å². The normalized spacial score (nSPS) is 35.5. The molecule has 6 aliphatic rings. The Hall–Kier alpha value is -5.68. The summed E-state index contributed by atoms with van der Waals surface area (Å²) < 4.78 is 149. The minimum absolute atomic E-state index is 0.0503. The van der Waals surface area contributed by atoms with Crippen molar-refractivity contribution in [3.63, 3.8) is 0 Å². The Balaban J connectivity index is 0.000000194. The van der Waals surface area contributed by atoms with Crippen LogP contribution in [0.15, 0.2) is 52.0 Å². The third-order valence-corrected chi connectivity index (χ3v) is 21.7. The zero-order valence-corrected chi connectivity index (χ0v) is 57.3. The lowest BCUT2D eigenvalue weighted by atomic mass is 10.1. The van der Waals surface area contributed by atoms with Crippen LogP contribution in [0.3, 0.4) is 0 Å². The summed E-state index contributed by atoms with van der Waals surface area (Å²) >= 11 is 19.4. The molecule has 0 aromatic carbocycles. The second-order valence-electron chi connectivity index (χ2n) is 22.8. The van der Waals surface area contributed by atoms with Crippen molar-refractivity contribution < 1.29 is 102 Å². The lowest BCUT2D eigenvalue weighted by Crippen LogP contribution is -2.37. The van der Waals surface area contributed by atoms with Crippen LogP contribution < -0.4 is 38.9 Å². The fourth-order valence-electron chi connectivity index (χ4n) is 10.7. The van der Waals surface area contributed by atoms with Crippen molar-refractivity contribution in [2.24, 2.45) is 11.8 Å². The summed E-state index contributed by atoms with van der Waals surface area (Å²) in [7, 11) is 0. The number of nitrogen functional groups attached to an aromatic ring is 2. The highest BCUT2D eigenvalue weighted by Gasteiger charge is 2.56. The third-order valence-electron chi connectivity index (χ3n) is 15.4. The number of alkyl halides is 4. The predicted octanol–water partition coefficient (Wildman–Crippen LogP) is 1.95. The van der Waals surface area contributed by atoms with E-state index >= 15 is 17.6 Å². The van der Waals surface area contributed by atoms with Gasteiger partial charge in [0.1, 0.15) is 66.5 Å². The standard InChI is InChI=1S/C28H34F2N10O12P2S2.C19H22F2N8O9P2S2/c1-9(2)21(41)35-27-33-19-15(23(43)37-27)31-7-39(19)25-13(29)17-11(49-25)5-47-54(46,56)52-18-12(6-48-53(45,55)51-17)50-26(14(18)30)40-8-32-16-20(40)34-28(38-24(16)44)36-22(42)10(3)4;20-10-13-7(35-17(10)28-2-1-9(22)27-19(28)30)3-33-40(32,42)38-14-8(4-34-39(31,41)37-13)36-18(11(14)21)29-6-26-12-15(23)24-5-25-16(12)29/h7-14,17-18,25-26H,5-6H2,1-4H3,(H,45,55)(H,46,56)(H2,33,35,37,41,43)(H2,34,36,38,42,44);1-2,5-8,10-11,13-14,17-18H,3-4H2,(H,31,41)(H,32,42)(H2,22,27,30)(H2,23,24,25)/t11-,12-,13-,14-,17-,18-,25-,26-,53?,54?;7-,8-,10-,11-,13-,14-,17-,18-,39?,40?/m11/s1. The van der Waals surface area contributed by atoms with Crippen molar-refractivity contribution in [1.29, 1.82) is 0 Å². The van der Waals surface area contributed by atoms with Gasteiger partial charge in [-0.15, -0.1) is 0 Å². The van der Waals surface area contributed by atoms with E-state index in [-0.39, 0.29) is 57.0 Å². The molecule has 13 rings (SSSR count). The minimum atomic E-state index is -4.57. The second kappa shape index (κ2) is 27.9. The molecule has 20 atom stereocenters. The summed E-state index contributed by atoms with van der Waals surface area (Å²) in [5.41, 5.74) is 8.35. The number of carbonyl (C=O) groups is 2. The Kier molecular flexibility index (Phi) is 20.6. The van der Waals surface area contributed by atoms with E-state index in [1.54, 1.807) is 27.7 Å². The lowest BCUT2D eigenvalue weighted by molar-refractivity contribution is -0.119. The van der Waals surface area contributed by atoms with Gasteiger partial charge < -0.3 is 58.7 Å². The lowest BCUT2D eigenvalue weighted by Gasteiger charge is -2.29. The molecule has 98 heavy (non-hydrogen) atoms. The summed E-state index contributed by atoms with van der Waals surface area (Å²) in [5, 5.41) is 4.89. The van der Waals surface area contributed by atoms with E-state index in [1.165, 1.54) is 17.0 Å². The molecule has 4 unspecified atom stereocenters. The van der Waals surface area contributed by atoms with Crippen LogP contribution in [0, 0.1) is 11.8 Å². The van der Waals surface area contributed by atoms with Gasteiger partial charge in [0.2, 0.25) is 23.7 Å². The Morgan fingerprint density at radius 2 is 0.939 bits per heavy atom. The number of aromatic nitrogens is 14. The molecule has 6 fully saturated rings. The maximum Gasteiger partial charge on any atom is 0.386 e. The second-order valence-corrected chi connectivity index (χ2v) is 34.0. The summed E-state index contributed by atoms with van der Waals surface area (Å²) in [5.74, 6) is -2.43. The van der Waals surface area contributed by atoms with Crippen LogP contribution in [0.2, 0.25) is 0 Å². The SMILES string of the molecule is CC(C)C(=O)Nc1nc2c(ncn2[C@@H]2O[C@@H]3COP(O)(=S)O[C@H]4[C@@H](F)[C@H](n5cnc6c(=O)[nH]c(NC(=O)C(C)C)nc65)O[C@@H]4COP(=O)(S)O[C@H]3[C@H]2F)c(=O)[nH]1.Nc1ccn([C@@H]2O[C@@H]3COP(O)(=S)O[C@H]4[C@@H](F)[C@H](n5cnc6c(N)ncnc65)O[C@@H]4COP(O)(=S)O[C@H]3[C@H]2F)c(=O)n1. The maximum absolute atomic E-state index is 16.4. The molecule has 2 amide bonds. The number of aromatic amines is 2. The van der Waals surface area contributed by atoms with Gasteiger partial charge >= 0.3 is 32.6 Å². The van der Waals surface area contributed by atoms with E-state index in [2.05, 4.69) is 72.7 Å². The number of nitrogens with one attached hydrogen (secondary N) is 4. The fourth-order valence-corrected chi connectivity index (χ4v) is 16.5. The van der Waals surface area contributed by atoms with Crippen LogP contribution in [-0.2, 0) is 105 Å². The number of nitrogens with two attached hydrogens (primary N) is 2. The average Bonchev–Trinajstić information content (AvgIpc) is 1.62. The smallest absolute Gasteiger partial charge is 0.383 e. The molecule has 6 aliphatic heterocycles. The number of fused-ring (bicyclic) bond motifs is 7. The van der Waals surface area contributed by atoms with Crippen LogP contribution in [0.4, 0.5) is 41.1 Å². The summed E-state index contributed by atoms with van der Waals surface area (Å²) in [6, 6.07) is 1.24. The number of hydrogen-bond donors (Lipinski definition) is 10. The van der Waals surface area contributed by atoms with Gasteiger partial charge in [0, 0.05) is 18.0 Å². The maximum atomic E-state index is 16.4. The quantitative estimate of drug-likeness (QED) is 0.0590. The molecule has 51 heteroatoms. The first-order chi connectivity index (χ1) is 46.2. The number of thiol groups is 1. The van der Waals surface area contributed by atoms with Crippen LogP contribution in [-0.4, -0.2) is 195 Å². The molecule has 0 radical (unpaired) electrons. The largest absolute Gasteiger partial charge is 0.386 e. The molecule has 0 bridgehead atoms. The first kappa shape index (κ1) is 72.1. The number of amides is 2. The third kappa shape index (κ3) is 14.8. The first-order valence-corrected chi connectivity index (χ1v) is 39.3. The van der Waals surface area contributed by atoms with Crippen molar-refractivity contribution in [1.82, 2.24) is 68.1 Å². The molecule has 11 N–H and O–H groups in total.